The Morgan fingerprint density at radius 3 is 2.52 bits per heavy atom. The van der Waals surface area contributed by atoms with Crippen LogP contribution in [0, 0.1) is 20.8 Å². The number of aryl methyl sites for hydroxylation is 3. The van der Waals surface area contributed by atoms with Crippen molar-refractivity contribution in [3.63, 3.8) is 0 Å². The minimum atomic E-state index is -0.102. The molecule has 2 aromatic rings. The standard InChI is InChI=1S/C17H21NO2S/c1-11-8-12(2)17(13(3)9-11)20-10-16(19)18-14(4)15-6-5-7-21-15/h5-9,14H,10H2,1-4H3,(H,18,19). The second-order valence-corrected chi connectivity index (χ2v) is 6.30. The highest BCUT2D eigenvalue weighted by atomic mass is 32.1. The third kappa shape index (κ3) is 4.08. The van der Waals surface area contributed by atoms with Crippen molar-refractivity contribution in [1.29, 1.82) is 0 Å². The van der Waals surface area contributed by atoms with Crippen molar-refractivity contribution in [3.05, 3.63) is 51.2 Å². The van der Waals surface area contributed by atoms with E-state index in [2.05, 4.69) is 24.4 Å². The zero-order valence-electron chi connectivity index (χ0n) is 12.9. The lowest BCUT2D eigenvalue weighted by Crippen LogP contribution is -2.31. The van der Waals surface area contributed by atoms with E-state index < -0.39 is 0 Å². The number of hydrogen-bond acceptors (Lipinski definition) is 3. The number of hydrogen-bond donors (Lipinski definition) is 1. The molecule has 0 saturated heterocycles. The van der Waals surface area contributed by atoms with Gasteiger partial charge in [-0.1, -0.05) is 23.8 Å². The van der Waals surface area contributed by atoms with Crippen LogP contribution in [0.2, 0.25) is 0 Å². The molecule has 0 aliphatic heterocycles. The lowest BCUT2D eigenvalue weighted by atomic mass is 10.1. The molecule has 0 fully saturated rings. The highest BCUT2D eigenvalue weighted by Gasteiger charge is 2.12. The molecular weight excluding hydrogens is 282 g/mol. The van der Waals surface area contributed by atoms with Crippen molar-refractivity contribution < 1.29 is 9.53 Å². The van der Waals surface area contributed by atoms with Crippen LogP contribution in [-0.2, 0) is 4.79 Å². The summed E-state index contributed by atoms with van der Waals surface area (Å²) < 4.78 is 5.69. The first kappa shape index (κ1) is 15.6. The van der Waals surface area contributed by atoms with Crippen molar-refractivity contribution in [3.8, 4) is 5.75 Å². The van der Waals surface area contributed by atoms with Crippen LogP contribution in [-0.4, -0.2) is 12.5 Å². The lowest BCUT2D eigenvalue weighted by molar-refractivity contribution is -0.123. The van der Waals surface area contributed by atoms with Crippen LogP contribution in [0.25, 0.3) is 0 Å². The van der Waals surface area contributed by atoms with Crippen molar-refractivity contribution in [1.82, 2.24) is 5.32 Å². The van der Waals surface area contributed by atoms with E-state index in [4.69, 9.17) is 4.74 Å². The van der Waals surface area contributed by atoms with Crippen molar-refractivity contribution in [2.45, 2.75) is 33.7 Å². The third-order valence-corrected chi connectivity index (χ3v) is 4.35. The van der Waals surface area contributed by atoms with Crippen LogP contribution in [0.1, 0.15) is 34.5 Å². The van der Waals surface area contributed by atoms with E-state index in [1.165, 1.54) is 5.56 Å². The third-order valence-electron chi connectivity index (χ3n) is 3.30. The van der Waals surface area contributed by atoms with Gasteiger partial charge in [-0.3, -0.25) is 4.79 Å². The molecule has 1 heterocycles. The Kier molecular flexibility index (Phi) is 5.02. The van der Waals surface area contributed by atoms with Gasteiger partial charge in [0, 0.05) is 4.88 Å². The van der Waals surface area contributed by atoms with Gasteiger partial charge in [0.1, 0.15) is 5.75 Å². The zero-order chi connectivity index (χ0) is 15.4. The fraction of sp³-hybridized carbons (Fsp3) is 0.353. The molecule has 3 nitrogen and oxygen atoms in total. The molecule has 1 aromatic heterocycles. The fourth-order valence-electron chi connectivity index (χ4n) is 2.42. The largest absolute Gasteiger partial charge is 0.483 e. The average Bonchev–Trinajstić information content (AvgIpc) is 2.91. The molecular formula is C17H21NO2S. The molecule has 0 radical (unpaired) electrons. The second-order valence-electron chi connectivity index (χ2n) is 5.32. The van der Waals surface area contributed by atoms with E-state index in [9.17, 15) is 4.79 Å². The van der Waals surface area contributed by atoms with Crippen LogP contribution in [0.4, 0.5) is 0 Å². The van der Waals surface area contributed by atoms with Gasteiger partial charge >= 0.3 is 0 Å². The van der Waals surface area contributed by atoms with Crippen LogP contribution in [0.5, 0.6) is 5.75 Å². The summed E-state index contributed by atoms with van der Waals surface area (Å²) in [5.74, 6) is 0.704. The van der Waals surface area contributed by atoms with Gasteiger partial charge < -0.3 is 10.1 Å². The highest BCUT2D eigenvalue weighted by molar-refractivity contribution is 7.10. The fourth-order valence-corrected chi connectivity index (χ4v) is 3.16. The molecule has 112 valence electrons. The topological polar surface area (TPSA) is 38.3 Å². The van der Waals surface area contributed by atoms with Crippen molar-refractivity contribution in [2.24, 2.45) is 0 Å². The van der Waals surface area contributed by atoms with E-state index in [1.807, 2.05) is 38.3 Å². The number of carbonyl (C=O) groups is 1. The molecule has 0 saturated carbocycles. The predicted octanol–water partition coefficient (Wildman–Crippen LogP) is 3.93. The number of nitrogens with one attached hydrogen (secondary N) is 1. The second kappa shape index (κ2) is 6.76. The Labute approximate surface area is 130 Å². The van der Waals surface area contributed by atoms with Gasteiger partial charge in [0.25, 0.3) is 5.91 Å². The van der Waals surface area contributed by atoms with Gasteiger partial charge in [-0.25, -0.2) is 0 Å². The Bertz CT molecular complexity index is 597. The quantitative estimate of drug-likeness (QED) is 0.909. The number of benzene rings is 1. The molecule has 0 spiro atoms. The molecule has 1 N–H and O–H groups in total. The lowest BCUT2D eigenvalue weighted by Gasteiger charge is -2.15. The number of thiophene rings is 1. The SMILES string of the molecule is Cc1cc(C)c(OCC(=O)NC(C)c2cccs2)c(C)c1. The minimum Gasteiger partial charge on any atom is -0.483 e. The smallest absolute Gasteiger partial charge is 0.258 e. The summed E-state index contributed by atoms with van der Waals surface area (Å²) in [6.45, 7) is 8.08. The van der Waals surface area contributed by atoms with Crippen LogP contribution in [0.3, 0.4) is 0 Å². The van der Waals surface area contributed by atoms with E-state index in [0.717, 1.165) is 21.8 Å². The summed E-state index contributed by atoms with van der Waals surface area (Å²) in [5.41, 5.74) is 3.33. The minimum absolute atomic E-state index is 0.0151. The number of carbonyl (C=O) groups excluding carboxylic acids is 1. The van der Waals surface area contributed by atoms with Crippen molar-refractivity contribution >= 4 is 17.2 Å². The van der Waals surface area contributed by atoms with Gasteiger partial charge in [-0.15, -0.1) is 11.3 Å². The molecule has 1 aromatic carbocycles. The van der Waals surface area contributed by atoms with Crippen LogP contribution < -0.4 is 10.1 Å². The summed E-state index contributed by atoms with van der Waals surface area (Å²) in [6.07, 6.45) is 0. The van der Waals surface area contributed by atoms with Crippen LogP contribution >= 0.6 is 11.3 Å². The van der Waals surface area contributed by atoms with E-state index in [1.54, 1.807) is 11.3 Å². The monoisotopic (exact) mass is 303 g/mol. The Morgan fingerprint density at radius 1 is 1.29 bits per heavy atom. The molecule has 1 unspecified atom stereocenters. The first-order valence-corrected chi connectivity index (χ1v) is 7.88. The Balaban J connectivity index is 1.93. The first-order valence-electron chi connectivity index (χ1n) is 7.01. The summed E-state index contributed by atoms with van der Waals surface area (Å²) in [7, 11) is 0. The van der Waals surface area contributed by atoms with Gasteiger partial charge in [0.2, 0.25) is 0 Å². The normalized spacial score (nSPS) is 12.0. The summed E-state index contributed by atoms with van der Waals surface area (Å²) in [4.78, 5) is 13.1. The number of ether oxygens (including phenoxy) is 1. The summed E-state index contributed by atoms with van der Waals surface area (Å²) in [5, 5.41) is 4.96. The van der Waals surface area contributed by atoms with E-state index in [-0.39, 0.29) is 18.6 Å². The number of rotatable bonds is 5. The molecule has 1 atom stereocenters. The van der Waals surface area contributed by atoms with Crippen molar-refractivity contribution in [2.75, 3.05) is 6.61 Å². The first-order chi connectivity index (χ1) is 9.97. The Morgan fingerprint density at radius 2 is 1.95 bits per heavy atom. The highest BCUT2D eigenvalue weighted by Crippen LogP contribution is 2.24. The van der Waals surface area contributed by atoms with Gasteiger partial charge in [0.15, 0.2) is 6.61 Å². The van der Waals surface area contributed by atoms with Gasteiger partial charge in [-0.2, -0.15) is 0 Å². The van der Waals surface area contributed by atoms with Gasteiger partial charge in [-0.05, 0) is 50.3 Å². The maximum absolute atomic E-state index is 12.0. The molecule has 0 aliphatic rings. The summed E-state index contributed by atoms with van der Waals surface area (Å²) in [6, 6.07) is 8.15. The molecule has 4 heteroatoms. The maximum Gasteiger partial charge on any atom is 0.258 e. The maximum atomic E-state index is 12.0. The molecule has 0 aliphatic carbocycles. The van der Waals surface area contributed by atoms with E-state index in [0.29, 0.717) is 0 Å². The molecule has 21 heavy (non-hydrogen) atoms. The number of amides is 1. The molecule has 2 rings (SSSR count). The zero-order valence-corrected chi connectivity index (χ0v) is 13.7. The predicted molar refractivity (Wildman–Crippen MR) is 87.0 cm³/mol. The van der Waals surface area contributed by atoms with Gasteiger partial charge in [0.05, 0.1) is 6.04 Å². The summed E-state index contributed by atoms with van der Waals surface area (Å²) >= 11 is 1.64. The molecule has 0 bridgehead atoms. The Hall–Kier alpha value is -1.81. The average molecular weight is 303 g/mol. The molecule has 1 amide bonds. The van der Waals surface area contributed by atoms with E-state index >= 15 is 0 Å². The van der Waals surface area contributed by atoms with Crippen LogP contribution in [0.15, 0.2) is 29.6 Å².